The van der Waals surface area contributed by atoms with Crippen molar-refractivity contribution in [3.63, 3.8) is 0 Å². The molecule has 280 valence electrons. The highest BCUT2D eigenvalue weighted by Gasteiger charge is 2.56. The average Bonchev–Trinajstić information content (AvgIpc) is 3.46. The first-order valence-electron chi connectivity index (χ1n) is 18.8. The van der Waals surface area contributed by atoms with Crippen LogP contribution in [0.1, 0.15) is 81.5 Å². The van der Waals surface area contributed by atoms with E-state index in [4.69, 9.17) is 19.4 Å². The van der Waals surface area contributed by atoms with E-state index in [1.807, 2.05) is 36.6 Å². The van der Waals surface area contributed by atoms with E-state index in [2.05, 4.69) is 36.6 Å². The monoisotopic (exact) mass is 746 g/mol. The van der Waals surface area contributed by atoms with Crippen LogP contribution < -0.4 is 20.1 Å². The van der Waals surface area contributed by atoms with Crippen LogP contribution in [0.4, 0.5) is 5.69 Å². The van der Waals surface area contributed by atoms with E-state index in [-0.39, 0.29) is 36.6 Å². The van der Waals surface area contributed by atoms with Gasteiger partial charge in [0.1, 0.15) is 52.2 Å². The Morgan fingerprint density at radius 1 is 1.11 bits per heavy atom. The Kier molecular flexibility index (Phi) is 10.7. The second kappa shape index (κ2) is 15.6. The zero-order valence-electron chi connectivity index (χ0n) is 31.1. The fraction of sp³-hybridized carbons (Fsp3) is 0.429. The molecule has 2 aromatic carbocycles. The number of benzene rings is 2. The van der Waals surface area contributed by atoms with Crippen LogP contribution in [0.25, 0.3) is 21.6 Å². The SMILES string of the molecule is COc1ccc2c(O[C@@H]3C[C@H]4C(=O)N[C@]5(C=O)C[C@H]5/C=C\CCCCC[C@H](Nc5ccc(C#N)cc5)C(=O)N4C3)cc(-c3nc(C(C)C)cs3)nc2c1C. The van der Waals surface area contributed by atoms with Crippen LogP contribution in [0, 0.1) is 24.2 Å². The highest BCUT2D eigenvalue weighted by Crippen LogP contribution is 2.44. The largest absolute Gasteiger partial charge is 0.496 e. The fourth-order valence-corrected chi connectivity index (χ4v) is 8.49. The molecule has 2 fully saturated rings. The zero-order valence-corrected chi connectivity index (χ0v) is 31.9. The van der Waals surface area contributed by atoms with E-state index in [1.54, 1.807) is 36.3 Å². The van der Waals surface area contributed by atoms with Gasteiger partial charge in [-0.3, -0.25) is 9.59 Å². The summed E-state index contributed by atoms with van der Waals surface area (Å²) in [6.45, 7) is 6.34. The van der Waals surface area contributed by atoms with Crippen LogP contribution in [-0.2, 0) is 14.4 Å². The molecule has 2 aromatic heterocycles. The van der Waals surface area contributed by atoms with Gasteiger partial charge in [0, 0.05) is 40.4 Å². The summed E-state index contributed by atoms with van der Waals surface area (Å²) in [6.07, 6.45) is 9.34. The van der Waals surface area contributed by atoms with Crippen LogP contribution in [0.5, 0.6) is 11.5 Å². The molecule has 1 aliphatic carbocycles. The summed E-state index contributed by atoms with van der Waals surface area (Å²) >= 11 is 1.53. The summed E-state index contributed by atoms with van der Waals surface area (Å²) in [6, 6.07) is 13.4. The Bertz CT molecular complexity index is 2120. The smallest absolute Gasteiger partial charge is 0.245 e. The van der Waals surface area contributed by atoms with Crippen molar-refractivity contribution in [1.82, 2.24) is 20.2 Å². The van der Waals surface area contributed by atoms with Gasteiger partial charge in [-0.1, -0.05) is 38.8 Å². The van der Waals surface area contributed by atoms with E-state index in [0.29, 0.717) is 41.3 Å². The molecule has 7 rings (SSSR count). The maximum Gasteiger partial charge on any atom is 0.245 e. The lowest BCUT2D eigenvalue weighted by Crippen LogP contribution is -2.53. The number of nitrogens with one attached hydrogen (secondary N) is 2. The van der Waals surface area contributed by atoms with Crippen LogP contribution >= 0.6 is 11.3 Å². The quantitative estimate of drug-likeness (QED) is 0.143. The van der Waals surface area contributed by atoms with Crippen molar-refractivity contribution < 1.29 is 23.9 Å². The molecule has 1 saturated heterocycles. The number of nitrogens with zero attached hydrogens (tertiary/aromatic N) is 4. The molecule has 3 aliphatic rings. The van der Waals surface area contributed by atoms with E-state index >= 15 is 0 Å². The number of aromatic nitrogens is 2. The molecule has 0 unspecified atom stereocenters. The number of carbonyl (C=O) groups excluding carboxylic acids is 3. The average molecular weight is 747 g/mol. The molecule has 11 nitrogen and oxygen atoms in total. The van der Waals surface area contributed by atoms with E-state index in [0.717, 1.165) is 59.1 Å². The molecule has 54 heavy (non-hydrogen) atoms. The predicted octanol–water partition coefficient (Wildman–Crippen LogP) is 7.09. The van der Waals surface area contributed by atoms with Gasteiger partial charge in [-0.25, -0.2) is 9.97 Å². The van der Waals surface area contributed by atoms with E-state index < -0.39 is 23.7 Å². The zero-order chi connectivity index (χ0) is 38.0. The normalized spacial score (nSPS) is 25.1. The van der Waals surface area contributed by atoms with Crippen molar-refractivity contribution in [3.05, 3.63) is 76.8 Å². The maximum atomic E-state index is 14.7. The second-order valence-corrected chi connectivity index (χ2v) is 15.8. The molecule has 2 aliphatic heterocycles. The molecule has 12 heteroatoms. The number of fused-ring (bicyclic) bond motifs is 3. The number of methoxy groups -OCH3 is 1. The first kappa shape index (κ1) is 37.1. The van der Waals surface area contributed by atoms with Crippen molar-refractivity contribution in [1.29, 1.82) is 5.26 Å². The van der Waals surface area contributed by atoms with Gasteiger partial charge in [0.25, 0.3) is 0 Å². The summed E-state index contributed by atoms with van der Waals surface area (Å²) < 4.78 is 12.5. The lowest BCUT2D eigenvalue weighted by atomic mass is 10.0. The van der Waals surface area contributed by atoms with Crippen LogP contribution in [0.15, 0.2) is 60.0 Å². The molecule has 2 amide bonds. The van der Waals surface area contributed by atoms with Gasteiger partial charge in [0.15, 0.2) is 0 Å². The number of aldehydes is 1. The van der Waals surface area contributed by atoms with Gasteiger partial charge in [0.2, 0.25) is 11.8 Å². The number of ether oxygens (including phenoxy) is 2. The summed E-state index contributed by atoms with van der Waals surface area (Å²) in [5, 5.41) is 19.4. The van der Waals surface area contributed by atoms with Crippen LogP contribution in [0.3, 0.4) is 0 Å². The molecule has 4 aromatic rings. The van der Waals surface area contributed by atoms with Gasteiger partial charge in [-0.2, -0.15) is 5.26 Å². The van der Waals surface area contributed by atoms with Gasteiger partial charge >= 0.3 is 0 Å². The van der Waals surface area contributed by atoms with E-state index in [1.165, 1.54) is 11.3 Å². The third-order valence-corrected chi connectivity index (χ3v) is 11.7. The summed E-state index contributed by atoms with van der Waals surface area (Å²) in [5.41, 5.74) is 3.49. The molecule has 0 radical (unpaired) electrons. The molecule has 0 bridgehead atoms. The van der Waals surface area contributed by atoms with Crippen LogP contribution in [-0.4, -0.2) is 70.3 Å². The first-order chi connectivity index (χ1) is 26.1. The van der Waals surface area contributed by atoms with Crippen LogP contribution in [0.2, 0.25) is 0 Å². The van der Waals surface area contributed by atoms with Crippen molar-refractivity contribution in [2.24, 2.45) is 5.92 Å². The number of carbonyl (C=O) groups is 3. The third kappa shape index (κ3) is 7.55. The Morgan fingerprint density at radius 2 is 1.93 bits per heavy atom. The number of hydrogen-bond donors (Lipinski definition) is 2. The minimum absolute atomic E-state index is 0.0728. The number of aryl methyl sites for hydroxylation is 1. The first-order valence-corrected chi connectivity index (χ1v) is 19.6. The summed E-state index contributed by atoms with van der Waals surface area (Å²) in [4.78, 5) is 52.8. The lowest BCUT2D eigenvalue weighted by Gasteiger charge is -2.30. The lowest BCUT2D eigenvalue weighted by molar-refractivity contribution is -0.139. The Hall–Kier alpha value is -5.28. The molecular weight excluding hydrogens is 701 g/mol. The summed E-state index contributed by atoms with van der Waals surface area (Å²) in [7, 11) is 1.63. The summed E-state index contributed by atoms with van der Waals surface area (Å²) in [5.74, 6) is 0.886. The number of nitriles is 1. The second-order valence-electron chi connectivity index (χ2n) is 14.9. The molecule has 5 atom stereocenters. The van der Waals surface area contributed by atoms with Gasteiger partial charge in [-0.05, 0) is 74.9 Å². The Morgan fingerprint density at radius 3 is 2.65 bits per heavy atom. The minimum atomic E-state index is -0.975. The molecule has 1 saturated carbocycles. The highest BCUT2D eigenvalue weighted by atomic mass is 32.1. The number of anilines is 1. The Labute approximate surface area is 319 Å². The number of allylic oxidation sites excluding steroid dienone is 1. The third-order valence-electron chi connectivity index (χ3n) is 10.9. The number of hydrogen-bond acceptors (Lipinski definition) is 10. The standard InChI is InChI=1S/C42H46N6O5S/c1-25(2)34-23-54-40(46-34)33-19-37(31-16-17-36(52-4)26(3)38(31)45-33)53-30-18-35-39(50)47-42(24-49)20-28(42)10-8-6-5-7-9-11-32(41(51)48(35)22-30)44-29-14-12-27(21-43)13-15-29/h8,10,12-17,19,23-25,28,30,32,35,44H,5-7,9,11,18,20,22H2,1-4H3,(H,47,50)/b10-8-/t28-,30-,32+,35+,42+/m1/s1. The van der Waals surface area contributed by atoms with Crippen molar-refractivity contribution >= 4 is 46.0 Å². The molecule has 0 spiro atoms. The fourth-order valence-electron chi connectivity index (χ4n) is 7.54. The van der Waals surface area contributed by atoms with Gasteiger partial charge in [0.05, 0.1) is 36.5 Å². The van der Waals surface area contributed by atoms with E-state index in [9.17, 15) is 19.6 Å². The van der Waals surface area contributed by atoms with Crippen molar-refractivity contribution in [3.8, 4) is 28.3 Å². The predicted molar refractivity (Wildman–Crippen MR) is 209 cm³/mol. The molecule has 2 N–H and O–H groups in total. The number of thiazole rings is 1. The highest BCUT2D eigenvalue weighted by molar-refractivity contribution is 7.13. The minimum Gasteiger partial charge on any atom is -0.496 e. The number of rotatable bonds is 8. The number of amides is 2. The molecule has 4 heterocycles. The number of pyridine rings is 1. The van der Waals surface area contributed by atoms with Crippen molar-refractivity contribution in [2.45, 2.75) is 95.4 Å². The Balaban J connectivity index is 1.24. The van der Waals surface area contributed by atoms with Gasteiger partial charge < -0.3 is 29.8 Å². The molecular formula is C42H46N6O5S. The van der Waals surface area contributed by atoms with Crippen molar-refractivity contribution in [2.75, 3.05) is 19.0 Å². The maximum absolute atomic E-state index is 14.7. The topological polar surface area (TPSA) is 147 Å². The van der Waals surface area contributed by atoms with Gasteiger partial charge in [-0.15, -0.1) is 11.3 Å².